The largest absolute Gasteiger partial charge is 0.487 e. The molecule has 9 heteroatoms. The highest BCUT2D eigenvalue weighted by molar-refractivity contribution is 6.30. The molecule has 0 bridgehead atoms. The summed E-state index contributed by atoms with van der Waals surface area (Å²) in [5.41, 5.74) is 9.86. The van der Waals surface area contributed by atoms with Crippen molar-refractivity contribution in [2.24, 2.45) is 21.7 Å². The van der Waals surface area contributed by atoms with Crippen molar-refractivity contribution in [1.82, 2.24) is 10.4 Å². The normalized spacial score (nSPS) is 21.5. The second-order valence-corrected chi connectivity index (χ2v) is 6.58. The van der Waals surface area contributed by atoms with E-state index in [1.165, 1.54) is 6.20 Å². The zero-order chi connectivity index (χ0) is 19.5. The van der Waals surface area contributed by atoms with Crippen LogP contribution in [0.2, 0.25) is 5.02 Å². The third kappa shape index (κ3) is 3.81. The zero-order valence-electron chi connectivity index (χ0n) is 14.6. The summed E-state index contributed by atoms with van der Waals surface area (Å²) in [6, 6.07) is 10.5. The number of carbonyl (C=O) groups is 1. The van der Waals surface area contributed by atoms with Crippen molar-refractivity contribution in [2.45, 2.75) is 12.7 Å². The Morgan fingerprint density at radius 3 is 2.93 bits per heavy atom. The molecule has 142 valence electrons. The van der Waals surface area contributed by atoms with Crippen molar-refractivity contribution in [3.8, 4) is 0 Å². The van der Waals surface area contributed by atoms with Crippen molar-refractivity contribution in [3.63, 3.8) is 0 Å². The van der Waals surface area contributed by atoms with Crippen LogP contribution in [0.4, 0.5) is 5.69 Å². The van der Waals surface area contributed by atoms with Gasteiger partial charge in [-0.05, 0) is 48.0 Å². The first-order valence-corrected chi connectivity index (χ1v) is 8.85. The lowest BCUT2D eigenvalue weighted by molar-refractivity contribution is 0.0995. The second-order valence-electron chi connectivity index (χ2n) is 6.15. The molecular weight excluding hydrogens is 382 g/mol. The number of ether oxygens (including phenoxy) is 2. The molecule has 0 saturated heterocycles. The van der Waals surface area contributed by atoms with Crippen molar-refractivity contribution in [3.05, 3.63) is 71.2 Å². The van der Waals surface area contributed by atoms with E-state index in [0.29, 0.717) is 16.8 Å². The lowest BCUT2D eigenvalue weighted by Gasteiger charge is -2.26. The number of pyridine rings is 1. The van der Waals surface area contributed by atoms with Gasteiger partial charge >= 0.3 is 0 Å². The van der Waals surface area contributed by atoms with Crippen molar-refractivity contribution >= 4 is 34.9 Å². The van der Waals surface area contributed by atoms with Gasteiger partial charge in [0.2, 0.25) is 5.90 Å². The Labute approximate surface area is 165 Å². The molecular formula is C19H16ClN5O3. The smallest absolute Gasteiger partial charge is 0.267 e. The van der Waals surface area contributed by atoms with Crippen LogP contribution < -0.4 is 11.2 Å². The Balaban J connectivity index is 1.49. The lowest BCUT2D eigenvalue weighted by atomic mass is 10.0. The fourth-order valence-electron chi connectivity index (χ4n) is 2.82. The molecule has 1 amide bonds. The third-order valence-electron chi connectivity index (χ3n) is 4.22. The van der Waals surface area contributed by atoms with Crippen LogP contribution in [0.25, 0.3) is 0 Å². The first-order chi connectivity index (χ1) is 13.6. The number of primary amides is 1. The van der Waals surface area contributed by atoms with E-state index >= 15 is 0 Å². The molecule has 1 aromatic carbocycles. The number of nitrogens with zero attached hydrogens (tertiary/aromatic N) is 3. The molecule has 3 heterocycles. The summed E-state index contributed by atoms with van der Waals surface area (Å²) in [4.78, 5) is 19.7. The number of hydrazone groups is 1. The maximum absolute atomic E-state index is 11.2. The second kappa shape index (κ2) is 7.69. The topological polar surface area (TPSA) is 111 Å². The number of aliphatic imine (C=N–C) groups is 1. The molecule has 2 unspecified atom stereocenters. The van der Waals surface area contributed by atoms with Gasteiger partial charge in [-0.2, -0.15) is 0 Å². The number of fused-ring (bicyclic) bond motifs is 1. The predicted octanol–water partition coefficient (Wildman–Crippen LogP) is 2.53. The van der Waals surface area contributed by atoms with Crippen LogP contribution in [0.3, 0.4) is 0 Å². The number of halogens is 1. The molecule has 0 saturated carbocycles. The van der Waals surface area contributed by atoms with E-state index in [-0.39, 0.29) is 18.2 Å². The highest BCUT2D eigenvalue weighted by Gasteiger charge is 2.38. The van der Waals surface area contributed by atoms with Crippen LogP contribution in [0, 0.1) is 5.92 Å². The molecule has 0 aliphatic carbocycles. The Morgan fingerprint density at radius 1 is 1.32 bits per heavy atom. The fraction of sp³-hybridized carbons (Fsp3) is 0.158. The summed E-state index contributed by atoms with van der Waals surface area (Å²) in [6.45, 7) is 0.194. The zero-order valence-corrected chi connectivity index (χ0v) is 15.3. The van der Waals surface area contributed by atoms with E-state index < -0.39 is 12.0 Å². The highest BCUT2D eigenvalue weighted by Crippen LogP contribution is 2.26. The number of amidine groups is 1. The standard InChI is InChI=1S/C19H16ClN5O3/c20-12-1-3-13(4-2-12)23-18-14-6-8-27-16(14)19(25-24-18)28-10-11-5-7-22-15(9-11)17(21)26/h1-9,14,16H,10H2,(H2,21,26)(H,23,24). The number of rotatable bonds is 4. The van der Waals surface area contributed by atoms with Crippen molar-refractivity contribution in [2.75, 3.05) is 0 Å². The minimum atomic E-state index is -0.593. The van der Waals surface area contributed by atoms with Crippen LogP contribution in [-0.2, 0) is 16.1 Å². The molecule has 1 aromatic heterocycles. The summed E-state index contributed by atoms with van der Waals surface area (Å²) in [5.74, 6) is 0.294. The fourth-order valence-corrected chi connectivity index (χ4v) is 2.95. The van der Waals surface area contributed by atoms with Crippen LogP contribution in [0.5, 0.6) is 0 Å². The van der Waals surface area contributed by atoms with E-state index in [2.05, 4.69) is 20.5 Å². The van der Waals surface area contributed by atoms with E-state index in [1.54, 1.807) is 30.5 Å². The molecule has 0 spiro atoms. The number of amides is 1. The van der Waals surface area contributed by atoms with Crippen LogP contribution in [0.15, 0.2) is 65.0 Å². The van der Waals surface area contributed by atoms with Crippen LogP contribution in [-0.4, -0.2) is 28.7 Å². The Hall–Kier alpha value is -3.39. The SMILES string of the molecule is NC(=O)c1cc(COC2=NNC(=Nc3ccc(Cl)cc3)C3C=COC23)ccn1. The van der Waals surface area contributed by atoms with Gasteiger partial charge in [0.1, 0.15) is 18.1 Å². The molecule has 8 nitrogen and oxygen atoms in total. The van der Waals surface area contributed by atoms with E-state index in [4.69, 9.17) is 26.8 Å². The average molecular weight is 398 g/mol. The molecule has 0 fully saturated rings. The molecule has 2 aliphatic heterocycles. The van der Waals surface area contributed by atoms with E-state index in [0.717, 1.165) is 11.3 Å². The Kier molecular flexibility index (Phi) is 4.94. The van der Waals surface area contributed by atoms with Gasteiger partial charge in [0.05, 0.1) is 17.9 Å². The minimum Gasteiger partial charge on any atom is -0.487 e. The van der Waals surface area contributed by atoms with Crippen LogP contribution >= 0.6 is 11.6 Å². The number of hydrogen-bond acceptors (Lipinski definition) is 6. The summed E-state index contributed by atoms with van der Waals surface area (Å²) >= 11 is 5.91. The Morgan fingerprint density at radius 2 is 2.14 bits per heavy atom. The summed E-state index contributed by atoms with van der Waals surface area (Å²) in [7, 11) is 0. The van der Waals surface area contributed by atoms with Crippen molar-refractivity contribution < 1.29 is 14.3 Å². The van der Waals surface area contributed by atoms with Gasteiger partial charge in [-0.1, -0.05) is 11.6 Å². The first-order valence-electron chi connectivity index (χ1n) is 8.47. The van der Waals surface area contributed by atoms with E-state index in [9.17, 15) is 4.79 Å². The average Bonchev–Trinajstić information content (AvgIpc) is 3.20. The monoisotopic (exact) mass is 397 g/mol. The molecule has 3 N–H and O–H groups in total. The van der Waals surface area contributed by atoms with Gasteiger partial charge in [0.15, 0.2) is 6.10 Å². The third-order valence-corrected chi connectivity index (χ3v) is 4.47. The number of nitrogens with one attached hydrogen (secondary N) is 1. The maximum atomic E-state index is 11.2. The number of aromatic nitrogens is 1. The molecule has 0 radical (unpaired) electrons. The number of hydrogen-bond donors (Lipinski definition) is 2. The maximum Gasteiger partial charge on any atom is 0.267 e. The highest BCUT2D eigenvalue weighted by atomic mass is 35.5. The van der Waals surface area contributed by atoms with Crippen LogP contribution in [0.1, 0.15) is 16.1 Å². The minimum absolute atomic E-state index is 0.151. The van der Waals surface area contributed by atoms with Gasteiger partial charge in [0, 0.05) is 11.2 Å². The molecule has 2 aliphatic rings. The first kappa shape index (κ1) is 18.0. The molecule has 28 heavy (non-hydrogen) atoms. The van der Waals surface area contributed by atoms with Crippen molar-refractivity contribution in [1.29, 1.82) is 0 Å². The van der Waals surface area contributed by atoms with Gasteiger partial charge < -0.3 is 15.2 Å². The van der Waals surface area contributed by atoms with E-state index in [1.807, 2.05) is 18.2 Å². The van der Waals surface area contributed by atoms with Gasteiger partial charge in [0.25, 0.3) is 5.91 Å². The predicted molar refractivity (Wildman–Crippen MR) is 104 cm³/mol. The van der Waals surface area contributed by atoms with Gasteiger partial charge in [-0.15, -0.1) is 5.10 Å². The molecule has 2 aromatic rings. The summed E-state index contributed by atoms with van der Waals surface area (Å²) in [5, 5.41) is 4.90. The number of carbonyl (C=O) groups excluding carboxylic acids is 1. The summed E-state index contributed by atoms with van der Waals surface area (Å²) in [6.07, 6.45) is 4.59. The molecule has 4 rings (SSSR count). The number of nitrogens with two attached hydrogens (primary N) is 1. The summed E-state index contributed by atoms with van der Waals surface area (Å²) < 4.78 is 11.4. The molecule has 2 atom stereocenters. The lowest BCUT2D eigenvalue weighted by Crippen LogP contribution is -2.44. The van der Waals surface area contributed by atoms with Gasteiger partial charge in [-0.25, -0.2) is 4.99 Å². The van der Waals surface area contributed by atoms with Gasteiger partial charge in [-0.3, -0.25) is 15.2 Å². The quantitative estimate of drug-likeness (QED) is 0.823. The number of benzene rings is 1. The Bertz CT molecular complexity index is 987.